The number of hydrogen-bond acceptors (Lipinski definition) is 6. The summed E-state index contributed by atoms with van der Waals surface area (Å²) in [5.74, 6) is 0. The van der Waals surface area contributed by atoms with Crippen molar-refractivity contribution in [2.24, 2.45) is 5.73 Å². The SMILES string of the molecule is NCCN1CCN(c2ccc(N)cc2)CCN(c2ccc(N)cc2)CC1. The maximum Gasteiger partial charge on any atom is 0.0368 e. The summed E-state index contributed by atoms with van der Waals surface area (Å²) < 4.78 is 0. The largest absolute Gasteiger partial charge is 0.399 e. The average Bonchev–Trinajstić information content (AvgIpc) is 2.75. The highest BCUT2D eigenvalue weighted by atomic mass is 15.3. The lowest BCUT2D eigenvalue weighted by Gasteiger charge is -2.29. The van der Waals surface area contributed by atoms with Crippen LogP contribution >= 0.6 is 0 Å². The minimum atomic E-state index is 0.684. The molecule has 140 valence electrons. The summed E-state index contributed by atoms with van der Waals surface area (Å²) in [6.45, 7) is 7.53. The standard InChI is InChI=1S/C20H30N6/c21-9-10-24-11-13-25(19-5-1-17(22)2-6-19)15-16-26(14-12-24)20-7-3-18(23)4-8-20/h1-8H,9-16,21-23H2. The van der Waals surface area contributed by atoms with E-state index in [-0.39, 0.29) is 0 Å². The number of rotatable bonds is 4. The summed E-state index contributed by atoms with van der Waals surface area (Å²) in [5.41, 5.74) is 21.5. The molecule has 0 bridgehead atoms. The molecule has 6 N–H and O–H groups in total. The molecule has 0 spiro atoms. The number of hydrogen-bond donors (Lipinski definition) is 3. The molecule has 0 radical (unpaired) electrons. The summed E-state index contributed by atoms with van der Waals surface area (Å²) >= 11 is 0. The van der Waals surface area contributed by atoms with E-state index in [0.29, 0.717) is 6.54 Å². The predicted octanol–water partition coefficient (Wildman–Crippen LogP) is 1.44. The van der Waals surface area contributed by atoms with Crippen molar-refractivity contribution in [3.8, 4) is 0 Å². The molecule has 1 aliphatic heterocycles. The van der Waals surface area contributed by atoms with Gasteiger partial charge in [0.2, 0.25) is 0 Å². The van der Waals surface area contributed by atoms with Crippen LogP contribution in [0.4, 0.5) is 22.7 Å². The van der Waals surface area contributed by atoms with Gasteiger partial charge in [0.1, 0.15) is 0 Å². The second-order valence-corrected chi connectivity index (χ2v) is 6.79. The Balaban J connectivity index is 1.79. The molecule has 26 heavy (non-hydrogen) atoms. The van der Waals surface area contributed by atoms with Crippen molar-refractivity contribution in [3.63, 3.8) is 0 Å². The van der Waals surface area contributed by atoms with Crippen molar-refractivity contribution in [1.82, 2.24) is 4.90 Å². The van der Waals surface area contributed by atoms with Gasteiger partial charge in [0.25, 0.3) is 0 Å². The van der Waals surface area contributed by atoms with E-state index in [1.807, 2.05) is 24.3 Å². The van der Waals surface area contributed by atoms with Gasteiger partial charge in [-0.1, -0.05) is 0 Å². The molecule has 6 nitrogen and oxygen atoms in total. The monoisotopic (exact) mass is 354 g/mol. The quantitative estimate of drug-likeness (QED) is 0.720. The van der Waals surface area contributed by atoms with E-state index in [0.717, 1.165) is 57.2 Å². The van der Waals surface area contributed by atoms with Crippen LogP contribution in [0, 0.1) is 0 Å². The van der Waals surface area contributed by atoms with E-state index in [4.69, 9.17) is 17.2 Å². The highest BCUT2D eigenvalue weighted by Crippen LogP contribution is 2.20. The highest BCUT2D eigenvalue weighted by Gasteiger charge is 2.17. The smallest absolute Gasteiger partial charge is 0.0368 e. The Labute approximate surface area is 156 Å². The fourth-order valence-electron chi connectivity index (χ4n) is 3.39. The van der Waals surface area contributed by atoms with Gasteiger partial charge in [-0.05, 0) is 48.5 Å². The van der Waals surface area contributed by atoms with Crippen LogP contribution < -0.4 is 27.0 Å². The summed E-state index contributed by atoms with van der Waals surface area (Å²) in [6.07, 6.45) is 0. The van der Waals surface area contributed by atoms with E-state index in [2.05, 4.69) is 39.0 Å². The van der Waals surface area contributed by atoms with E-state index in [1.165, 1.54) is 11.4 Å². The zero-order valence-electron chi connectivity index (χ0n) is 15.3. The number of nitrogens with zero attached hydrogens (tertiary/aromatic N) is 3. The summed E-state index contributed by atoms with van der Waals surface area (Å²) in [7, 11) is 0. The number of nitrogens with two attached hydrogens (primary N) is 3. The molecular formula is C20H30N6. The average molecular weight is 355 g/mol. The lowest BCUT2D eigenvalue weighted by atomic mass is 10.2. The van der Waals surface area contributed by atoms with Crippen LogP contribution in [0.15, 0.2) is 48.5 Å². The van der Waals surface area contributed by atoms with Crippen molar-refractivity contribution in [2.45, 2.75) is 0 Å². The van der Waals surface area contributed by atoms with Crippen LogP contribution in [0.1, 0.15) is 0 Å². The van der Waals surface area contributed by atoms with Gasteiger partial charge in [-0.25, -0.2) is 0 Å². The van der Waals surface area contributed by atoms with Crippen molar-refractivity contribution in [3.05, 3.63) is 48.5 Å². The normalized spacial score (nSPS) is 16.8. The van der Waals surface area contributed by atoms with Gasteiger partial charge < -0.3 is 27.0 Å². The molecule has 0 saturated carbocycles. The van der Waals surface area contributed by atoms with Gasteiger partial charge in [0.05, 0.1) is 0 Å². The van der Waals surface area contributed by atoms with Crippen molar-refractivity contribution in [1.29, 1.82) is 0 Å². The minimum absolute atomic E-state index is 0.684. The molecule has 1 aliphatic rings. The molecule has 1 heterocycles. The maximum atomic E-state index is 5.85. The van der Waals surface area contributed by atoms with Gasteiger partial charge in [-0.3, -0.25) is 4.90 Å². The zero-order chi connectivity index (χ0) is 18.4. The first-order chi connectivity index (χ1) is 12.7. The predicted molar refractivity (Wildman–Crippen MR) is 112 cm³/mol. The molecule has 3 rings (SSSR count). The topological polar surface area (TPSA) is 87.8 Å². The second kappa shape index (κ2) is 8.78. The van der Waals surface area contributed by atoms with Gasteiger partial charge in [-0.2, -0.15) is 0 Å². The van der Waals surface area contributed by atoms with Crippen LogP contribution in [0.3, 0.4) is 0 Å². The summed E-state index contributed by atoms with van der Waals surface area (Å²) in [6, 6.07) is 16.3. The molecule has 6 heteroatoms. The minimum Gasteiger partial charge on any atom is -0.399 e. The Morgan fingerprint density at radius 1 is 0.615 bits per heavy atom. The number of anilines is 4. The molecule has 1 saturated heterocycles. The van der Waals surface area contributed by atoms with Crippen LogP contribution in [0.2, 0.25) is 0 Å². The molecule has 0 aliphatic carbocycles. The Kier molecular flexibility index (Phi) is 6.20. The number of benzene rings is 2. The Morgan fingerprint density at radius 2 is 1.00 bits per heavy atom. The second-order valence-electron chi connectivity index (χ2n) is 6.79. The lowest BCUT2D eigenvalue weighted by molar-refractivity contribution is 0.296. The van der Waals surface area contributed by atoms with Gasteiger partial charge >= 0.3 is 0 Å². The van der Waals surface area contributed by atoms with E-state index in [1.54, 1.807) is 0 Å². The Bertz CT molecular complexity index is 612. The van der Waals surface area contributed by atoms with E-state index in [9.17, 15) is 0 Å². The van der Waals surface area contributed by atoms with Crippen molar-refractivity contribution >= 4 is 22.7 Å². The van der Waals surface area contributed by atoms with E-state index < -0.39 is 0 Å². The van der Waals surface area contributed by atoms with Crippen molar-refractivity contribution in [2.75, 3.05) is 73.6 Å². The highest BCUT2D eigenvalue weighted by molar-refractivity contribution is 5.55. The van der Waals surface area contributed by atoms with Crippen LogP contribution in [-0.2, 0) is 0 Å². The van der Waals surface area contributed by atoms with Gasteiger partial charge in [0.15, 0.2) is 0 Å². The third-order valence-corrected chi connectivity index (χ3v) is 4.97. The van der Waals surface area contributed by atoms with Gasteiger partial charge in [0, 0.05) is 75.1 Å². The van der Waals surface area contributed by atoms with Gasteiger partial charge in [-0.15, -0.1) is 0 Å². The zero-order valence-corrected chi connectivity index (χ0v) is 15.3. The molecular weight excluding hydrogens is 324 g/mol. The molecule has 0 unspecified atom stereocenters. The fraction of sp³-hybridized carbons (Fsp3) is 0.400. The third kappa shape index (κ3) is 4.80. The summed E-state index contributed by atoms with van der Waals surface area (Å²) in [4.78, 5) is 7.30. The molecule has 1 fully saturated rings. The number of nitrogen functional groups attached to an aromatic ring is 2. The molecule has 0 aromatic heterocycles. The maximum absolute atomic E-state index is 5.85. The first kappa shape index (κ1) is 18.4. The molecule has 0 amide bonds. The molecule has 2 aromatic rings. The molecule has 2 aromatic carbocycles. The van der Waals surface area contributed by atoms with Crippen LogP contribution in [0.5, 0.6) is 0 Å². The van der Waals surface area contributed by atoms with Crippen LogP contribution in [-0.4, -0.2) is 57.3 Å². The first-order valence-electron chi connectivity index (χ1n) is 9.29. The Hall–Kier alpha value is -2.44. The van der Waals surface area contributed by atoms with E-state index >= 15 is 0 Å². The lowest BCUT2D eigenvalue weighted by Crippen LogP contribution is -2.38. The van der Waals surface area contributed by atoms with Crippen LogP contribution in [0.25, 0.3) is 0 Å². The third-order valence-electron chi connectivity index (χ3n) is 4.97. The van der Waals surface area contributed by atoms with Crippen molar-refractivity contribution < 1.29 is 0 Å². The Morgan fingerprint density at radius 3 is 1.38 bits per heavy atom. The summed E-state index contributed by atoms with van der Waals surface area (Å²) in [5, 5.41) is 0. The molecule has 0 atom stereocenters. The first-order valence-corrected chi connectivity index (χ1v) is 9.29. The fourth-order valence-corrected chi connectivity index (χ4v) is 3.39.